The summed E-state index contributed by atoms with van der Waals surface area (Å²) >= 11 is 1.76. The molecule has 0 atom stereocenters. The zero-order valence-electron chi connectivity index (χ0n) is 17.5. The minimum absolute atomic E-state index is 0.125. The highest BCUT2D eigenvalue weighted by molar-refractivity contribution is 7.17. The molecule has 0 fully saturated rings. The number of carbonyl (C=O) groups is 2. The Hall–Kier alpha value is -3.34. The molecular formula is C22H24N2O7S. The summed E-state index contributed by atoms with van der Waals surface area (Å²) in [5, 5.41) is 28.9. The Morgan fingerprint density at radius 1 is 1.03 bits per heavy atom. The van der Waals surface area contributed by atoms with Crippen molar-refractivity contribution in [3.8, 4) is 0 Å². The molecule has 32 heavy (non-hydrogen) atoms. The highest BCUT2D eigenvalue weighted by Crippen LogP contribution is 2.21. The number of ether oxygens (including phenoxy) is 1. The van der Waals surface area contributed by atoms with Crippen molar-refractivity contribution in [3.63, 3.8) is 0 Å². The number of nitro groups is 1. The largest absolute Gasteiger partial charge is 0.473 e. The molecule has 0 amide bonds. The van der Waals surface area contributed by atoms with Gasteiger partial charge in [0.1, 0.15) is 0 Å². The van der Waals surface area contributed by atoms with Crippen LogP contribution in [0, 0.1) is 10.1 Å². The van der Waals surface area contributed by atoms with Gasteiger partial charge in [0.15, 0.2) is 0 Å². The van der Waals surface area contributed by atoms with E-state index in [1.807, 2.05) is 7.05 Å². The SMILES string of the molecule is CN(CCOCCc1ccc2sccc2c1)Cc1ccc([N+](=O)[O-])cc1.O=C(O)C(=O)O. The number of carboxylic acids is 2. The third-order valence-corrected chi connectivity index (χ3v) is 5.35. The maximum atomic E-state index is 10.7. The van der Waals surface area contributed by atoms with Gasteiger partial charge in [-0.2, -0.15) is 0 Å². The van der Waals surface area contributed by atoms with Crippen molar-refractivity contribution >= 4 is 39.0 Å². The molecule has 0 bridgehead atoms. The Labute approximate surface area is 188 Å². The normalized spacial score (nSPS) is 10.6. The van der Waals surface area contributed by atoms with Gasteiger partial charge in [-0.05, 0) is 47.5 Å². The summed E-state index contributed by atoms with van der Waals surface area (Å²) < 4.78 is 7.08. The van der Waals surface area contributed by atoms with Crippen molar-refractivity contribution < 1.29 is 29.5 Å². The van der Waals surface area contributed by atoms with E-state index >= 15 is 0 Å². The molecule has 0 aliphatic heterocycles. The summed E-state index contributed by atoms with van der Waals surface area (Å²) in [6.45, 7) is 2.95. The van der Waals surface area contributed by atoms with Crippen molar-refractivity contribution in [1.82, 2.24) is 4.90 Å². The van der Waals surface area contributed by atoms with Gasteiger partial charge in [-0.25, -0.2) is 9.59 Å². The van der Waals surface area contributed by atoms with Gasteiger partial charge in [0.25, 0.3) is 5.69 Å². The summed E-state index contributed by atoms with van der Waals surface area (Å²) in [6, 6.07) is 15.4. The van der Waals surface area contributed by atoms with Gasteiger partial charge >= 0.3 is 11.9 Å². The van der Waals surface area contributed by atoms with Crippen LogP contribution in [0.25, 0.3) is 10.1 Å². The quantitative estimate of drug-likeness (QED) is 0.214. The van der Waals surface area contributed by atoms with E-state index in [4.69, 9.17) is 24.5 Å². The van der Waals surface area contributed by atoms with Crippen molar-refractivity contribution in [2.75, 3.05) is 26.8 Å². The molecule has 9 nitrogen and oxygen atoms in total. The molecule has 10 heteroatoms. The number of hydrogen-bond donors (Lipinski definition) is 2. The molecule has 1 aromatic heterocycles. The van der Waals surface area contributed by atoms with Gasteiger partial charge in [0.2, 0.25) is 0 Å². The number of likely N-dealkylation sites (N-methyl/N-ethyl adjacent to an activating group) is 1. The van der Waals surface area contributed by atoms with Gasteiger partial charge in [0, 0.05) is 29.9 Å². The average molecular weight is 461 g/mol. The van der Waals surface area contributed by atoms with Crippen molar-refractivity contribution in [2.24, 2.45) is 0 Å². The molecule has 0 spiro atoms. The maximum absolute atomic E-state index is 10.7. The monoisotopic (exact) mass is 460 g/mol. The second-order valence-electron chi connectivity index (χ2n) is 6.93. The lowest BCUT2D eigenvalue weighted by Crippen LogP contribution is -2.23. The van der Waals surface area contributed by atoms with Gasteiger partial charge in [0.05, 0.1) is 18.1 Å². The predicted octanol–water partition coefficient (Wildman–Crippen LogP) is 3.66. The second kappa shape index (κ2) is 12.5. The third-order valence-electron chi connectivity index (χ3n) is 4.45. The maximum Gasteiger partial charge on any atom is 0.414 e. The lowest BCUT2D eigenvalue weighted by atomic mass is 10.1. The van der Waals surface area contributed by atoms with E-state index in [2.05, 4.69) is 34.5 Å². The van der Waals surface area contributed by atoms with Crippen LogP contribution < -0.4 is 0 Å². The van der Waals surface area contributed by atoms with Crippen LogP contribution in [-0.4, -0.2) is 58.8 Å². The Morgan fingerprint density at radius 2 is 1.69 bits per heavy atom. The Balaban J connectivity index is 0.000000534. The number of carboxylic acid groups (broad SMARTS) is 2. The number of hydrogen-bond acceptors (Lipinski definition) is 7. The summed E-state index contributed by atoms with van der Waals surface area (Å²) in [4.78, 5) is 30.6. The summed E-state index contributed by atoms with van der Waals surface area (Å²) in [6.07, 6.45) is 0.915. The standard InChI is InChI=1S/C20H22N2O3S.C2H2O4/c1-21(15-17-2-5-19(6-3-17)22(23)24)10-12-25-11-8-16-4-7-20-18(14-16)9-13-26-20;3-1(4)2(5)6/h2-7,9,13-14H,8,10-12,15H2,1H3;(H,3,4)(H,5,6). The summed E-state index contributed by atoms with van der Waals surface area (Å²) in [5.41, 5.74) is 2.48. The van der Waals surface area contributed by atoms with Crippen molar-refractivity contribution in [3.05, 3.63) is 75.2 Å². The van der Waals surface area contributed by atoms with E-state index in [0.717, 1.165) is 25.1 Å². The van der Waals surface area contributed by atoms with Crippen LogP contribution in [0.15, 0.2) is 53.9 Å². The molecular weight excluding hydrogens is 436 g/mol. The summed E-state index contributed by atoms with van der Waals surface area (Å²) in [7, 11) is 2.02. The lowest BCUT2D eigenvalue weighted by Gasteiger charge is -2.16. The van der Waals surface area contributed by atoms with E-state index in [1.54, 1.807) is 35.6 Å². The first-order chi connectivity index (χ1) is 15.3. The number of non-ortho nitro benzene ring substituents is 1. The fourth-order valence-electron chi connectivity index (χ4n) is 2.80. The van der Waals surface area contributed by atoms with Crippen LogP contribution in [0.2, 0.25) is 0 Å². The van der Waals surface area contributed by atoms with Crippen LogP contribution in [0.5, 0.6) is 0 Å². The van der Waals surface area contributed by atoms with Crippen LogP contribution in [0.3, 0.4) is 0 Å². The Morgan fingerprint density at radius 3 is 2.31 bits per heavy atom. The van der Waals surface area contributed by atoms with Crippen LogP contribution >= 0.6 is 11.3 Å². The number of benzene rings is 2. The predicted molar refractivity (Wildman–Crippen MR) is 121 cm³/mol. The van der Waals surface area contributed by atoms with Crippen molar-refractivity contribution in [2.45, 2.75) is 13.0 Å². The highest BCUT2D eigenvalue weighted by Gasteiger charge is 2.06. The second-order valence-corrected chi connectivity index (χ2v) is 7.87. The van der Waals surface area contributed by atoms with E-state index in [9.17, 15) is 10.1 Å². The molecule has 0 saturated heterocycles. The number of fused-ring (bicyclic) bond motifs is 1. The van der Waals surface area contributed by atoms with Gasteiger partial charge in [-0.3, -0.25) is 15.0 Å². The van der Waals surface area contributed by atoms with Crippen molar-refractivity contribution in [1.29, 1.82) is 0 Å². The minimum Gasteiger partial charge on any atom is -0.473 e. The van der Waals surface area contributed by atoms with E-state index < -0.39 is 11.9 Å². The first-order valence-corrected chi connectivity index (χ1v) is 10.6. The average Bonchev–Trinajstić information content (AvgIpc) is 3.22. The molecule has 0 unspecified atom stereocenters. The first-order valence-electron chi connectivity index (χ1n) is 9.68. The van der Waals surface area contributed by atoms with Gasteiger partial charge in [-0.1, -0.05) is 24.3 Å². The Kier molecular flexibility index (Phi) is 9.74. The van der Waals surface area contributed by atoms with E-state index in [0.29, 0.717) is 13.2 Å². The summed E-state index contributed by atoms with van der Waals surface area (Å²) in [5.74, 6) is -3.65. The molecule has 2 aromatic carbocycles. The van der Waals surface area contributed by atoms with E-state index in [-0.39, 0.29) is 10.6 Å². The fourth-order valence-corrected chi connectivity index (χ4v) is 3.57. The topological polar surface area (TPSA) is 130 Å². The number of aliphatic carboxylic acids is 2. The van der Waals surface area contributed by atoms with E-state index in [1.165, 1.54) is 15.6 Å². The smallest absolute Gasteiger partial charge is 0.414 e. The highest BCUT2D eigenvalue weighted by atomic mass is 32.1. The Bertz CT molecular complexity index is 1040. The minimum atomic E-state index is -1.82. The van der Waals surface area contributed by atoms with Gasteiger partial charge in [-0.15, -0.1) is 11.3 Å². The molecule has 3 aromatic rings. The number of thiophene rings is 1. The molecule has 0 aliphatic carbocycles. The molecule has 2 N–H and O–H groups in total. The third kappa shape index (κ3) is 8.42. The van der Waals surface area contributed by atoms with Gasteiger partial charge < -0.3 is 14.9 Å². The molecule has 0 saturated carbocycles. The molecule has 0 radical (unpaired) electrons. The first kappa shape index (κ1) is 24.9. The number of nitro benzene ring substituents is 1. The lowest BCUT2D eigenvalue weighted by molar-refractivity contribution is -0.384. The molecule has 170 valence electrons. The zero-order valence-corrected chi connectivity index (χ0v) is 18.3. The fraction of sp³-hybridized carbons (Fsp3) is 0.273. The zero-order chi connectivity index (χ0) is 23.5. The number of nitrogens with zero attached hydrogens (tertiary/aromatic N) is 2. The molecule has 1 heterocycles. The molecule has 0 aliphatic rings. The van der Waals surface area contributed by atoms with Crippen LogP contribution in [0.4, 0.5) is 5.69 Å². The number of rotatable bonds is 9. The van der Waals surface area contributed by atoms with Crippen LogP contribution in [0.1, 0.15) is 11.1 Å². The molecule has 3 rings (SSSR count). The van der Waals surface area contributed by atoms with Crippen LogP contribution in [-0.2, 0) is 27.3 Å².